The highest BCUT2D eigenvalue weighted by atomic mass is 19.4. The Kier molecular flexibility index (Phi) is 4.19. The second-order valence-corrected chi connectivity index (χ2v) is 3.65. The standard InChI is InChI=1S/C9H16F3NO/c1-14-8(9(10,11)12)6-7-4-2-3-5-13-7/h7-8,13H,2-6H2,1H3. The van der Waals surface area contributed by atoms with Crippen LogP contribution in [0.3, 0.4) is 0 Å². The maximum absolute atomic E-state index is 12.3. The lowest BCUT2D eigenvalue weighted by Crippen LogP contribution is -2.41. The Labute approximate surface area is 81.8 Å². The van der Waals surface area contributed by atoms with Gasteiger partial charge >= 0.3 is 6.18 Å². The van der Waals surface area contributed by atoms with Crippen LogP contribution in [0.5, 0.6) is 0 Å². The van der Waals surface area contributed by atoms with Crippen molar-refractivity contribution in [2.75, 3.05) is 13.7 Å². The quantitative estimate of drug-likeness (QED) is 0.771. The van der Waals surface area contributed by atoms with Crippen LogP contribution in [0.25, 0.3) is 0 Å². The van der Waals surface area contributed by atoms with Crippen LogP contribution in [0.2, 0.25) is 0 Å². The van der Waals surface area contributed by atoms with Gasteiger partial charge in [-0.15, -0.1) is 0 Å². The van der Waals surface area contributed by atoms with Gasteiger partial charge in [-0.25, -0.2) is 0 Å². The molecule has 0 aromatic carbocycles. The van der Waals surface area contributed by atoms with Crippen molar-refractivity contribution >= 4 is 0 Å². The lowest BCUT2D eigenvalue weighted by molar-refractivity contribution is -0.216. The van der Waals surface area contributed by atoms with Crippen molar-refractivity contribution in [1.29, 1.82) is 0 Å². The van der Waals surface area contributed by atoms with Crippen LogP contribution in [0, 0.1) is 0 Å². The van der Waals surface area contributed by atoms with Crippen molar-refractivity contribution < 1.29 is 17.9 Å². The van der Waals surface area contributed by atoms with E-state index in [0.29, 0.717) is 0 Å². The molecule has 1 aliphatic rings. The largest absolute Gasteiger partial charge is 0.414 e. The number of hydrogen-bond acceptors (Lipinski definition) is 2. The lowest BCUT2D eigenvalue weighted by Gasteiger charge is -2.28. The predicted octanol–water partition coefficient (Wildman–Crippen LogP) is 2.10. The van der Waals surface area contributed by atoms with E-state index in [4.69, 9.17) is 0 Å². The van der Waals surface area contributed by atoms with Gasteiger partial charge < -0.3 is 10.1 Å². The molecule has 0 radical (unpaired) electrons. The van der Waals surface area contributed by atoms with Gasteiger partial charge in [-0.05, 0) is 25.8 Å². The zero-order valence-corrected chi connectivity index (χ0v) is 8.23. The van der Waals surface area contributed by atoms with Crippen LogP contribution >= 0.6 is 0 Å². The monoisotopic (exact) mass is 211 g/mol. The fourth-order valence-electron chi connectivity index (χ4n) is 1.75. The number of halogens is 3. The smallest absolute Gasteiger partial charge is 0.372 e. The highest BCUT2D eigenvalue weighted by Gasteiger charge is 2.41. The van der Waals surface area contributed by atoms with E-state index < -0.39 is 12.3 Å². The number of piperidine rings is 1. The Morgan fingerprint density at radius 1 is 1.43 bits per heavy atom. The summed E-state index contributed by atoms with van der Waals surface area (Å²) >= 11 is 0. The van der Waals surface area contributed by atoms with Gasteiger partial charge in [0.15, 0.2) is 6.10 Å². The summed E-state index contributed by atoms with van der Waals surface area (Å²) in [5, 5.41) is 3.08. The summed E-state index contributed by atoms with van der Waals surface area (Å²) in [6.07, 6.45) is -2.96. The highest BCUT2D eigenvalue weighted by molar-refractivity contribution is 4.79. The summed E-state index contributed by atoms with van der Waals surface area (Å²) in [5.41, 5.74) is 0. The Balaban J connectivity index is 2.39. The number of ether oxygens (including phenoxy) is 1. The summed E-state index contributed by atoms with van der Waals surface area (Å²) in [7, 11) is 1.11. The van der Waals surface area contributed by atoms with Gasteiger partial charge in [0.1, 0.15) is 0 Å². The van der Waals surface area contributed by atoms with Crippen LogP contribution in [0.4, 0.5) is 13.2 Å². The van der Waals surface area contributed by atoms with E-state index in [1.165, 1.54) is 0 Å². The predicted molar refractivity (Wildman–Crippen MR) is 47.1 cm³/mol. The van der Waals surface area contributed by atoms with E-state index in [9.17, 15) is 13.2 Å². The van der Waals surface area contributed by atoms with Crippen LogP contribution in [-0.4, -0.2) is 32.0 Å². The highest BCUT2D eigenvalue weighted by Crippen LogP contribution is 2.27. The van der Waals surface area contributed by atoms with Crippen molar-refractivity contribution in [3.63, 3.8) is 0 Å². The van der Waals surface area contributed by atoms with Crippen molar-refractivity contribution in [2.24, 2.45) is 0 Å². The van der Waals surface area contributed by atoms with E-state index in [2.05, 4.69) is 10.1 Å². The van der Waals surface area contributed by atoms with Crippen molar-refractivity contribution in [3.05, 3.63) is 0 Å². The fourth-order valence-corrected chi connectivity index (χ4v) is 1.75. The minimum atomic E-state index is -4.24. The maximum atomic E-state index is 12.3. The van der Waals surface area contributed by atoms with Gasteiger partial charge in [0.25, 0.3) is 0 Å². The Morgan fingerprint density at radius 2 is 2.14 bits per heavy atom. The molecule has 1 heterocycles. The van der Waals surface area contributed by atoms with Gasteiger partial charge in [0.05, 0.1) is 0 Å². The molecule has 2 nitrogen and oxygen atoms in total. The van der Waals surface area contributed by atoms with Gasteiger partial charge in [-0.3, -0.25) is 0 Å². The summed E-state index contributed by atoms with van der Waals surface area (Å²) in [5.74, 6) is 0. The van der Waals surface area contributed by atoms with E-state index >= 15 is 0 Å². The van der Waals surface area contributed by atoms with Gasteiger partial charge in [-0.2, -0.15) is 13.2 Å². The molecule has 0 spiro atoms. The molecule has 0 saturated carbocycles. The average molecular weight is 211 g/mol. The third-order valence-electron chi connectivity index (χ3n) is 2.56. The molecule has 0 bridgehead atoms. The van der Waals surface area contributed by atoms with Crippen molar-refractivity contribution in [2.45, 2.75) is 44.0 Å². The number of rotatable bonds is 3. The molecular weight excluding hydrogens is 195 g/mol. The number of nitrogens with one attached hydrogen (secondary N) is 1. The van der Waals surface area contributed by atoms with Gasteiger partial charge in [-0.1, -0.05) is 6.42 Å². The minimum Gasteiger partial charge on any atom is -0.372 e. The molecule has 2 unspecified atom stereocenters. The summed E-state index contributed by atoms with van der Waals surface area (Å²) < 4.78 is 41.4. The summed E-state index contributed by atoms with van der Waals surface area (Å²) in [6, 6.07) is -0.0460. The first-order chi connectivity index (χ1) is 6.54. The van der Waals surface area contributed by atoms with E-state index in [0.717, 1.165) is 32.9 Å². The third kappa shape index (κ3) is 3.46. The fraction of sp³-hybridized carbons (Fsp3) is 1.00. The molecule has 84 valence electrons. The normalized spacial score (nSPS) is 26.1. The summed E-state index contributed by atoms with van der Waals surface area (Å²) in [6.45, 7) is 0.818. The summed E-state index contributed by atoms with van der Waals surface area (Å²) in [4.78, 5) is 0. The molecule has 1 N–H and O–H groups in total. The van der Waals surface area contributed by atoms with E-state index in [1.54, 1.807) is 0 Å². The molecule has 0 aromatic heterocycles. The van der Waals surface area contributed by atoms with Crippen LogP contribution < -0.4 is 5.32 Å². The SMILES string of the molecule is COC(CC1CCCCN1)C(F)(F)F. The molecular formula is C9H16F3NO. The molecule has 0 aromatic rings. The molecule has 1 aliphatic heterocycles. The first-order valence-electron chi connectivity index (χ1n) is 4.87. The molecule has 1 rings (SSSR count). The maximum Gasteiger partial charge on any atom is 0.414 e. The topological polar surface area (TPSA) is 21.3 Å². The van der Waals surface area contributed by atoms with Crippen LogP contribution in [0.15, 0.2) is 0 Å². The van der Waals surface area contributed by atoms with Gasteiger partial charge in [0, 0.05) is 13.2 Å². The zero-order valence-electron chi connectivity index (χ0n) is 8.23. The van der Waals surface area contributed by atoms with Crippen LogP contribution in [-0.2, 0) is 4.74 Å². The first kappa shape index (κ1) is 11.8. The second-order valence-electron chi connectivity index (χ2n) is 3.65. The Hall–Kier alpha value is -0.290. The molecule has 0 amide bonds. The Morgan fingerprint density at radius 3 is 2.57 bits per heavy atom. The Bertz CT molecular complexity index is 166. The second kappa shape index (κ2) is 4.98. The zero-order chi connectivity index (χ0) is 10.6. The first-order valence-corrected chi connectivity index (χ1v) is 4.87. The molecule has 5 heteroatoms. The minimum absolute atomic E-state index is 0.0278. The molecule has 1 fully saturated rings. The van der Waals surface area contributed by atoms with E-state index in [-0.39, 0.29) is 12.5 Å². The van der Waals surface area contributed by atoms with Crippen molar-refractivity contribution in [3.8, 4) is 0 Å². The molecule has 14 heavy (non-hydrogen) atoms. The lowest BCUT2D eigenvalue weighted by atomic mass is 9.99. The third-order valence-corrected chi connectivity index (χ3v) is 2.56. The molecule has 0 aliphatic carbocycles. The molecule has 2 atom stereocenters. The van der Waals surface area contributed by atoms with E-state index in [1.807, 2.05) is 0 Å². The van der Waals surface area contributed by atoms with Crippen molar-refractivity contribution in [1.82, 2.24) is 5.32 Å². The number of alkyl halides is 3. The average Bonchev–Trinajstić information content (AvgIpc) is 2.14. The number of methoxy groups -OCH3 is 1. The van der Waals surface area contributed by atoms with Crippen LogP contribution in [0.1, 0.15) is 25.7 Å². The number of hydrogen-bond donors (Lipinski definition) is 1. The van der Waals surface area contributed by atoms with Gasteiger partial charge in [0.2, 0.25) is 0 Å². The molecule has 1 saturated heterocycles.